The number of benzene rings is 1. The Labute approximate surface area is 168 Å². The van der Waals surface area contributed by atoms with Crippen LogP contribution in [0.2, 0.25) is 0 Å². The summed E-state index contributed by atoms with van der Waals surface area (Å²) in [6, 6.07) is 10.3. The van der Waals surface area contributed by atoms with Gasteiger partial charge in [-0.3, -0.25) is 4.57 Å². The van der Waals surface area contributed by atoms with E-state index in [1.807, 2.05) is 36.6 Å². The first kappa shape index (κ1) is 18.4. The fourth-order valence-corrected chi connectivity index (χ4v) is 4.06. The fourth-order valence-electron chi connectivity index (χ4n) is 4.06. The van der Waals surface area contributed by atoms with E-state index in [4.69, 9.17) is 19.9 Å². The molecule has 2 saturated heterocycles. The minimum Gasteiger partial charge on any atom is -0.382 e. The molecular formula is C20H24N6O3. The van der Waals surface area contributed by atoms with Crippen LogP contribution in [0.5, 0.6) is 0 Å². The van der Waals surface area contributed by atoms with Crippen LogP contribution in [-0.2, 0) is 20.8 Å². The van der Waals surface area contributed by atoms with Crippen molar-refractivity contribution in [2.24, 2.45) is 0 Å². The number of fused-ring (bicyclic) bond motifs is 2. The van der Waals surface area contributed by atoms with Crippen molar-refractivity contribution in [3.63, 3.8) is 0 Å². The molecule has 0 saturated carbocycles. The highest BCUT2D eigenvalue weighted by Gasteiger charge is 2.55. The van der Waals surface area contributed by atoms with Crippen LogP contribution < -0.4 is 11.1 Å². The average molecular weight is 396 g/mol. The molecule has 4 heterocycles. The summed E-state index contributed by atoms with van der Waals surface area (Å²) in [6.07, 6.45) is 2.04. The van der Waals surface area contributed by atoms with Crippen molar-refractivity contribution in [1.82, 2.24) is 24.8 Å². The van der Waals surface area contributed by atoms with Crippen LogP contribution in [0.15, 0.2) is 43.0 Å². The molecule has 0 aliphatic carbocycles. The summed E-state index contributed by atoms with van der Waals surface area (Å²) in [4.78, 5) is 12.7. The van der Waals surface area contributed by atoms with Crippen molar-refractivity contribution < 1.29 is 14.2 Å². The number of ether oxygens (including phenoxy) is 3. The van der Waals surface area contributed by atoms with E-state index in [-0.39, 0.29) is 18.3 Å². The highest BCUT2D eigenvalue weighted by molar-refractivity contribution is 5.81. The molecule has 2 aromatic heterocycles. The van der Waals surface area contributed by atoms with E-state index in [2.05, 4.69) is 32.4 Å². The van der Waals surface area contributed by atoms with Gasteiger partial charge in [-0.05, 0) is 19.4 Å². The lowest BCUT2D eigenvalue weighted by Crippen LogP contribution is -2.37. The number of hydrogen-bond acceptors (Lipinski definition) is 8. The predicted molar refractivity (Wildman–Crippen MR) is 106 cm³/mol. The van der Waals surface area contributed by atoms with E-state index in [1.165, 1.54) is 11.9 Å². The number of nitrogens with zero attached hydrogens (tertiary/aromatic N) is 4. The van der Waals surface area contributed by atoms with Gasteiger partial charge in [-0.15, -0.1) is 0 Å². The Morgan fingerprint density at radius 3 is 2.72 bits per heavy atom. The van der Waals surface area contributed by atoms with Gasteiger partial charge < -0.3 is 25.3 Å². The average Bonchev–Trinajstić information content (AvgIpc) is 3.35. The Bertz CT molecular complexity index is 1010. The Morgan fingerprint density at radius 2 is 1.90 bits per heavy atom. The number of rotatable bonds is 5. The largest absolute Gasteiger partial charge is 0.382 e. The molecule has 3 aromatic rings. The summed E-state index contributed by atoms with van der Waals surface area (Å²) in [6.45, 7) is 5.23. The van der Waals surface area contributed by atoms with Crippen LogP contribution in [0.25, 0.3) is 11.2 Å². The van der Waals surface area contributed by atoms with Gasteiger partial charge in [0.2, 0.25) is 0 Å². The fraction of sp³-hybridized carbons (Fsp3) is 0.450. The molecular weight excluding hydrogens is 372 g/mol. The molecule has 9 nitrogen and oxygen atoms in total. The second kappa shape index (κ2) is 7.03. The van der Waals surface area contributed by atoms with Crippen molar-refractivity contribution >= 4 is 17.0 Å². The lowest BCUT2D eigenvalue weighted by atomic mass is 10.1. The highest BCUT2D eigenvalue weighted by atomic mass is 16.8. The van der Waals surface area contributed by atoms with Gasteiger partial charge in [0, 0.05) is 13.1 Å². The molecule has 2 aliphatic rings. The summed E-state index contributed by atoms with van der Waals surface area (Å²) in [7, 11) is 0. The maximum absolute atomic E-state index is 6.36. The Hall–Kier alpha value is -2.59. The Kier molecular flexibility index (Phi) is 4.47. The monoisotopic (exact) mass is 396 g/mol. The second-order valence-corrected chi connectivity index (χ2v) is 7.83. The van der Waals surface area contributed by atoms with Crippen molar-refractivity contribution in [1.29, 1.82) is 0 Å². The summed E-state index contributed by atoms with van der Waals surface area (Å²) in [5.74, 6) is -0.340. The van der Waals surface area contributed by atoms with Gasteiger partial charge in [0.15, 0.2) is 23.5 Å². The minimum absolute atomic E-state index is 0.174. The van der Waals surface area contributed by atoms with Crippen molar-refractivity contribution in [3.8, 4) is 0 Å². The molecule has 152 valence electrons. The van der Waals surface area contributed by atoms with Crippen LogP contribution in [0, 0.1) is 0 Å². The van der Waals surface area contributed by atoms with Gasteiger partial charge in [-0.25, -0.2) is 15.0 Å². The first-order chi connectivity index (χ1) is 14.0. The van der Waals surface area contributed by atoms with Gasteiger partial charge in [0.25, 0.3) is 0 Å². The third-order valence-electron chi connectivity index (χ3n) is 5.30. The topological polar surface area (TPSA) is 109 Å². The molecule has 2 fully saturated rings. The molecule has 0 spiro atoms. The third kappa shape index (κ3) is 3.36. The number of hydrogen-bond donors (Lipinski definition) is 2. The molecule has 5 rings (SSSR count). The first-order valence-electron chi connectivity index (χ1n) is 9.70. The SMILES string of the molecule is CC1(C)OC2[C@H](n3cnc4c(N)ncnc43)O[C@H](CNCc3ccccc3)[C@H]2O1. The molecule has 4 atom stereocenters. The number of anilines is 1. The molecule has 9 heteroatoms. The van der Waals surface area contributed by atoms with Crippen LogP contribution in [-0.4, -0.2) is 50.2 Å². The smallest absolute Gasteiger partial charge is 0.167 e. The predicted octanol–water partition coefficient (Wildman–Crippen LogP) is 1.62. The summed E-state index contributed by atoms with van der Waals surface area (Å²) >= 11 is 0. The number of aromatic nitrogens is 4. The van der Waals surface area contributed by atoms with Gasteiger partial charge in [-0.1, -0.05) is 30.3 Å². The van der Waals surface area contributed by atoms with Crippen molar-refractivity contribution in [3.05, 3.63) is 48.5 Å². The van der Waals surface area contributed by atoms with E-state index in [0.29, 0.717) is 23.5 Å². The van der Waals surface area contributed by atoms with Crippen LogP contribution in [0.1, 0.15) is 25.6 Å². The number of nitrogens with one attached hydrogen (secondary N) is 1. The second-order valence-electron chi connectivity index (χ2n) is 7.83. The minimum atomic E-state index is -0.681. The molecule has 29 heavy (non-hydrogen) atoms. The summed E-state index contributed by atoms with van der Waals surface area (Å²) < 4.78 is 20.6. The zero-order valence-electron chi connectivity index (χ0n) is 16.4. The Morgan fingerprint density at radius 1 is 1.10 bits per heavy atom. The molecule has 0 radical (unpaired) electrons. The number of imidazole rings is 1. The van der Waals surface area contributed by atoms with Gasteiger partial charge in [-0.2, -0.15) is 0 Å². The lowest BCUT2D eigenvalue weighted by molar-refractivity contribution is -0.195. The van der Waals surface area contributed by atoms with Gasteiger partial charge in [0.1, 0.15) is 30.2 Å². The van der Waals surface area contributed by atoms with E-state index >= 15 is 0 Å². The molecule has 1 unspecified atom stereocenters. The van der Waals surface area contributed by atoms with Crippen molar-refractivity contribution in [2.45, 2.75) is 50.7 Å². The lowest BCUT2D eigenvalue weighted by Gasteiger charge is -2.25. The molecule has 3 N–H and O–H groups in total. The number of nitrogen functional groups attached to an aromatic ring is 1. The van der Waals surface area contributed by atoms with E-state index in [9.17, 15) is 0 Å². The normalized spacial score (nSPS) is 28.1. The molecule has 2 aliphatic heterocycles. The molecule has 0 amide bonds. The van der Waals surface area contributed by atoms with Gasteiger partial charge >= 0.3 is 0 Å². The first-order valence-corrected chi connectivity index (χ1v) is 9.70. The van der Waals surface area contributed by atoms with Gasteiger partial charge in [0.05, 0.1) is 6.33 Å². The summed E-state index contributed by atoms with van der Waals surface area (Å²) in [5, 5.41) is 3.46. The zero-order valence-corrected chi connectivity index (χ0v) is 16.4. The zero-order chi connectivity index (χ0) is 20.0. The van der Waals surface area contributed by atoms with Crippen LogP contribution >= 0.6 is 0 Å². The Balaban J connectivity index is 1.38. The van der Waals surface area contributed by atoms with E-state index in [1.54, 1.807) is 6.33 Å². The maximum atomic E-state index is 6.36. The van der Waals surface area contributed by atoms with E-state index < -0.39 is 12.0 Å². The maximum Gasteiger partial charge on any atom is 0.167 e. The molecule has 0 bridgehead atoms. The summed E-state index contributed by atoms with van der Waals surface area (Å²) in [5.41, 5.74) is 8.32. The third-order valence-corrected chi connectivity index (χ3v) is 5.30. The van der Waals surface area contributed by atoms with E-state index in [0.717, 1.165) is 6.54 Å². The number of nitrogens with two attached hydrogens (primary N) is 1. The van der Waals surface area contributed by atoms with Crippen LogP contribution in [0.3, 0.4) is 0 Å². The van der Waals surface area contributed by atoms with Crippen LogP contribution in [0.4, 0.5) is 5.82 Å². The standard InChI is InChI=1S/C20H24N6O3/c1-20(2)28-15-13(9-22-8-12-6-4-3-5-7-12)27-19(16(15)29-20)26-11-25-14-17(21)23-10-24-18(14)26/h3-7,10-11,13,15-16,19,22H,8-9H2,1-2H3,(H2,21,23,24)/t13-,15-,16?,19-/m1/s1. The highest BCUT2D eigenvalue weighted by Crippen LogP contribution is 2.43. The quantitative estimate of drug-likeness (QED) is 0.670. The molecule has 1 aromatic carbocycles. The van der Waals surface area contributed by atoms with Crippen molar-refractivity contribution in [2.75, 3.05) is 12.3 Å².